The summed E-state index contributed by atoms with van der Waals surface area (Å²) in [5.74, 6) is 0.360. The molecule has 0 aliphatic heterocycles. The number of nitro benzene ring substituents is 1. The van der Waals surface area contributed by atoms with Crippen LogP contribution in [0.3, 0.4) is 0 Å². The van der Waals surface area contributed by atoms with Gasteiger partial charge in [-0.3, -0.25) is 14.9 Å². The molecular weight excluding hydrogens is 374 g/mol. The molecule has 144 valence electrons. The van der Waals surface area contributed by atoms with E-state index in [4.69, 9.17) is 9.15 Å². The molecule has 3 rings (SSSR count). The summed E-state index contributed by atoms with van der Waals surface area (Å²) in [6.45, 7) is 0. The van der Waals surface area contributed by atoms with Crippen molar-refractivity contribution >= 4 is 23.4 Å². The van der Waals surface area contributed by atoms with Gasteiger partial charge in [-0.2, -0.15) is 5.26 Å². The fourth-order valence-corrected chi connectivity index (χ4v) is 2.59. The number of amides is 1. The molecule has 8 nitrogen and oxygen atoms in total. The van der Waals surface area contributed by atoms with Crippen LogP contribution < -0.4 is 10.1 Å². The van der Waals surface area contributed by atoms with E-state index in [2.05, 4.69) is 5.32 Å². The van der Waals surface area contributed by atoms with Crippen molar-refractivity contribution in [2.45, 2.75) is 0 Å². The lowest BCUT2D eigenvalue weighted by atomic mass is 10.1. The van der Waals surface area contributed by atoms with Gasteiger partial charge in [0.05, 0.1) is 17.6 Å². The summed E-state index contributed by atoms with van der Waals surface area (Å²) in [5, 5.41) is 23.0. The zero-order valence-electron chi connectivity index (χ0n) is 15.3. The molecule has 1 aromatic heterocycles. The van der Waals surface area contributed by atoms with Crippen LogP contribution in [0.15, 0.2) is 70.7 Å². The van der Waals surface area contributed by atoms with Gasteiger partial charge in [0.2, 0.25) is 0 Å². The van der Waals surface area contributed by atoms with Gasteiger partial charge in [-0.05, 0) is 30.3 Å². The predicted molar refractivity (Wildman–Crippen MR) is 106 cm³/mol. The monoisotopic (exact) mass is 389 g/mol. The molecule has 0 aliphatic rings. The summed E-state index contributed by atoms with van der Waals surface area (Å²) in [5.41, 5.74) is 0.670. The topological polar surface area (TPSA) is 118 Å². The number of benzene rings is 2. The van der Waals surface area contributed by atoms with Crippen molar-refractivity contribution in [2.75, 3.05) is 12.4 Å². The Balaban J connectivity index is 1.89. The minimum atomic E-state index is -0.579. The lowest BCUT2D eigenvalue weighted by Crippen LogP contribution is -2.13. The molecule has 0 spiro atoms. The fraction of sp³-hybridized carbons (Fsp3) is 0.0476. The third kappa shape index (κ3) is 4.48. The molecule has 0 aliphatic carbocycles. The van der Waals surface area contributed by atoms with Crippen LogP contribution in [0.2, 0.25) is 0 Å². The van der Waals surface area contributed by atoms with Crippen LogP contribution in [0.4, 0.5) is 11.4 Å². The number of nitriles is 1. The first-order chi connectivity index (χ1) is 14.0. The number of hydrogen-bond donors (Lipinski definition) is 1. The molecule has 0 fully saturated rings. The number of anilines is 1. The van der Waals surface area contributed by atoms with Gasteiger partial charge in [0.1, 0.15) is 28.9 Å². The lowest BCUT2D eigenvalue weighted by molar-refractivity contribution is -0.384. The van der Waals surface area contributed by atoms with E-state index in [0.717, 1.165) is 0 Å². The second-order valence-corrected chi connectivity index (χ2v) is 5.83. The number of non-ortho nitro benzene ring substituents is 1. The third-order valence-corrected chi connectivity index (χ3v) is 3.97. The van der Waals surface area contributed by atoms with Gasteiger partial charge in [0, 0.05) is 23.9 Å². The number of para-hydroxylation sites is 1. The molecule has 0 saturated heterocycles. The van der Waals surface area contributed by atoms with Crippen molar-refractivity contribution in [2.24, 2.45) is 0 Å². The van der Waals surface area contributed by atoms with E-state index in [1.165, 1.54) is 31.4 Å². The zero-order valence-corrected chi connectivity index (χ0v) is 15.3. The van der Waals surface area contributed by atoms with Gasteiger partial charge >= 0.3 is 0 Å². The smallest absolute Gasteiger partial charge is 0.270 e. The van der Waals surface area contributed by atoms with Crippen LogP contribution in [-0.4, -0.2) is 17.9 Å². The molecular formula is C21H15N3O5. The molecule has 1 heterocycles. The maximum absolute atomic E-state index is 12.3. The number of rotatable bonds is 6. The molecule has 0 unspecified atom stereocenters. The van der Waals surface area contributed by atoms with Crippen molar-refractivity contribution < 1.29 is 18.9 Å². The quantitative estimate of drug-likeness (QED) is 0.289. The van der Waals surface area contributed by atoms with Gasteiger partial charge in [-0.15, -0.1) is 0 Å². The average Bonchev–Trinajstić information content (AvgIpc) is 3.20. The van der Waals surface area contributed by atoms with E-state index in [9.17, 15) is 20.2 Å². The van der Waals surface area contributed by atoms with Gasteiger partial charge in [0.25, 0.3) is 11.6 Å². The highest BCUT2D eigenvalue weighted by Gasteiger charge is 2.16. The number of carbonyl (C=O) groups excluding carboxylic acids is 1. The minimum absolute atomic E-state index is 0.116. The Labute approximate surface area is 165 Å². The van der Waals surface area contributed by atoms with E-state index < -0.39 is 10.8 Å². The molecule has 2 aromatic carbocycles. The maximum atomic E-state index is 12.3. The number of carbonyl (C=O) groups is 1. The first kappa shape index (κ1) is 19.4. The molecule has 3 aromatic rings. The fourth-order valence-electron chi connectivity index (χ4n) is 2.59. The standard InChI is InChI=1S/C21H15N3O5/c1-28-19-9-7-16(24(26)27)12-18(19)20-10-8-17(29-20)11-14(13-22)21(25)23-15-5-3-2-4-6-15/h2-12H,1H3,(H,23,25). The predicted octanol–water partition coefficient (Wildman–Crippen LogP) is 4.41. The van der Waals surface area contributed by atoms with Crippen LogP contribution in [0, 0.1) is 21.4 Å². The van der Waals surface area contributed by atoms with Crippen LogP contribution >= 0.6 is 0 Å². The van der Waals surface area contributed by atoms with Crippen molar-refractivity contribution in [3.63, 3.8) is 0 Å². The van der Waals surface area contributed by atoms with Crippen molar-refractivity contribution in [3.05, 3.63) is 82.1 Å². The summed E-state index contributed by atoms with van der Waals surface area (Å²) < 4.78 is 10.9. The van der Waals surface area contributed by atoms with E-state index in [1.54, 1.807) is 36.4 Å². The van der Waals surface area contributed by atoms with Crippen LogP contribution in [-0.2, 0) is 4.79 Å². The van der Waals surface area contributed by atoms with E-state index in [-0.39, 0.29) is 17.0 Å². The van der Waals surface area contributed by atoms with Gasteiger partial charge < -0.3 is 14.5 Å². The Morgan fingerprint density at radius 1 is 1.21 bits per heavy atom. The third-order valence-electron chi connectivity index (χ3n) is 3.97. The molecule has 0 radical (unpaired) electrons. The highest BCUT2D eigenvalue weighted by Crippen LogP contribution is 2.34. The number of nitro groups is 1. The minimum Gasteiger partial charge on any atom is -0.496 e. The van der Waals surface area contributed by atoms with E-state index in [0.29, 0.717) is 22.8 Å². The molecule has 0 bridgehead atoms. The number of hydrogen-bond acceptors (Lipinski definition) is 6. The highest BCUT2D eigenvalue weighted by molar-refractivity contribution is 6.09. The Hall–Kier alpha value is -4.38. The van der Waals surface area contributed by atoms with Crippen molar-refractivity contribution in [1.29, 1.82) is 5.26 Å². The Morgan fingerprint density at radius 3 is 2.62 bits per heavy atom. The normalized spacial score (nSPS) is 10.8. The summed E-state index contributed by atoms with van der Waals surface area (Å²) in [6, 6.07) is 17.8. The average molecular weight is 389 g/mol. The number of nitrogens with one attached hydrogen (secondary N) is 1. The molecule has 0 saturated carbocycles. The van der Waals surface area contributed by atoms with Crippen molar-refractivity contribution in [3.8, 4) is 23.1 Å². The molecule has 0 atom stereocenters. The summed E-state index contributed by atoms with van der Waals surface area (Å²) in [4.78, 5) is 22.8. The number of nitrogens with zero attached hydrogens (tertiary/aromatic N) is 2. The maximum Gasteiger partial charge on any atom is 0.270 e. The SMILES string of the molecule is COc1ccc([N+](=O)[O-])cc1-c1ccc(C=C(C#N)C(=O)Nc2ccccc2)o1. The van der Waals surface area contributed by atoms with E-state index in [1.807, 2.05) is 12.1 Å². The molecule has 1 amide bonds. The van der Waals surface area contributed by atoms with Gasteiger partial charge in [0.15, 0.2) is 0 Å². The van der Waals surface area contributed by atoms with Gasteiger partial charge in [-0.25, -0.2) is 0 Å². The van der Waals surface area contributed by atoms with Crippen molar-refractivity contribution in [1.82, 2.24) is 0 Å². The van der Waals surface area contributed by atoms with Gasteiger partial charge in [-0.1, -0.05) is 18.2 Å². The Morgan fingerprint density at radius 2 is 1.97 bits per heavy atom. The number of ether oxygens (including phenoxy) is 1. The Kier molecular flexibility index (Phi) is 5.71. The van der Waals surface area contributed by atoms with Crippen LogP contribution in [0.25, 0.3) is 17.4 Å². The summed E-state index contributed by atoms with van der Waals surface area (Å²) in [7, 11) is 1.44. The first-order valence-electron chi connectivity index (χ1n) is 8.42. The number of furan rings is 1. The summed E-state index contributed by atoms with van der Waals surface area (Å²) >= 11 is 0. The zero-order chi connectivity index (χ0) is 20.8. The second-order valence-electron chi connectivity index (χ2n) is 5.83. The second kappa shape index (κ2) is 8.54. The molecule has 8 heteroatoms. The van der Waals surface area contributed by atoms with Crippen LogP contribution in [0.5, 0.6) is 5.75 Å². The molecule has 29 heavy (non-hydrogen) atoms. The lowest BCUT2D eigenvalue weighted by Gasteiger charge is -2.05. The number of methoxy groups -OCH3 is 1. The molecule has 1 N–H and O–H groups in total. The largest absolute Gasteiger partial charge is 0.496 e. The summed E-state index contributed by atoms with van der Waals surface area (Å²) in [6.07, 6.45) is 1.30. The first-order valence-corrected chi connectivity index (χ1v) is 8.42. The highest BCUT2D eigenvalue weighted by atomic mass is 16.6. The van der Waals surface area contributed by atoms with Crippen LogP contribution in [0.1, 0.15) is 5.76 Å². The Bertz CT molecular complexity index is 1130. The van der Waals surface area contributed by atoms with E-state index >= 15 is 0 Å².